The highest BCUT2D eigenvalue weighted by atomic mass is 19.1. The van der Waals surface area contributed by atoms with E-state index in [0.717, 1.165) is 0 Å². The molecule has 16 heavy (non-hydrogen) atoms. The van der Waals surface area contributed by atoms with Crippen molar-refractivity contribution < 1.29 is 13.9 Å². The molecule has 1 saturated carbocycles. The van der Waals surface area contributed by atoms with Crippen LogP contribution in [-0.2, 0) is 4.79 Å². The summed E-state index contributed by atoms with van der Waals surface area (Å²) in [5.41, 5.74) is -0.420. The van der Waals surface area contributed by atoms with Gasteiger partial charge < -0.3 is 10.1 Å². The van der Waals surface area contributed by atoms with Gasteiger partial charge in [-0.2, -0.15) is 0 Å². The van der Waals surface area contributed by atoms with Crippen molar-refractivity contribution in [3.63, 3.8) is 0 Å². The van der Waals surface area contributed by atoms with Crippen LogP contribution in [0.15, 0.2) is 18.5 Å². The molecule has 1 aromatic rings. The van der Waals surface area contributed by atoms with Gasteiger partial charge in [-0.25, -0.2) is 4.39 Å². The van der Waals surface area contributed by atoms with E-state index in [1.165, 1.54) is 13.3 Å². The Labute approximate surface area is 92.8 Å². The second-order valence-corrected chi connectivity index (χ2v) is 4.12. The standard InChI is InChI=1S/C11H13FN2O2/c1-11(5-9(11)12)10(15)14-7-6-13-4-3-8(7)16-2/h3-4,6,9H,5H2,1-2H3,(H,14,15)/t9-,11-/m1/s1. The first-order chi connectivity index (χ1) is 7.58. The molecule has 0 aromatic carbocycles. The first-order valence-corrected chi connectivity index (χ1v) is 5.01. The average Bonchev–Trinajstić information content (AvgIpc) is 2.89. The van der Waals surface area contributed by atoms with Crippen LogP contribution in [0, 0.1) is 5.41 Å². The number of nitrogens with zero attached hydrogens (tertiary/aromatic N) is 1. The smallest absolute Gasteiger partial charge is 0.233 e. The molecular weight excluding hydrogens is 211 g/mol. The number of rotatable bonds is 3. The number of carbonyl (C=O) groups excluding carboxylic acids is 1. The molecule has 5 heteroatoms. The van der Waals surface area contributed by atoms with Crippen LogP contribution in [0.3, 0.4) is 0 Å². The number of methoxy groups -OCH3 is 1. The highest BCUT2D eigenvalue weighted by molar-refractivity contribution is 5.98. The predicted molar refractivity (Wildman–Crippen MR) is 57.0 cm³/mol. The van der Waals surface area contributed by atoms with E-state index in [0.29, 0.717) is 11.4 Å². The van der Waals surface area contributed by atoms with Crippen LogP contribution in [0.2, 0.25) is 0 Å². The zero-order valence-corrected chi connectivity index (χ0v) is 9.16. The molecule has 1 heterocycles. The number of aromatic nitrogens is 1. The van der Waals surface area contributed by atoms with Crippen molar-refractivity contribution in [3.8, 4) is 5.75 Å². The summed E-state index contributed by atoms with van der Waals surface area (Å²) in [7, 11) is 1.50. The molecule has 0 aliphatic heterocycles. The normalized spacial score (nSPS) is 27.3. The number of ether oxygens (including phenoxy) is 1. The summed E-state index contributed by atoms with van der Waals surface area (Å²) in [6, 6.07) is 1.64. The Morgan fingerprint density at radius 2 is 2.44 bits per heavy atom. The predicted octanol–water partition coefficient (Wildman–Crippen LogP) is 1.78. The van der Waals surface area contributed by atoms with Gasteiger partial charge in [-0.3, -0.25) is 9.78 Å². The second kappa shape index (κ2) is 3.73. The molecule has 86 valence electrons. The van der Waals surface area contributed by atoms with Crippen LogP contribution in [0.5, 0.6) is 5.75 Å². The summed E-state index contributed by atoms with van der Waals surface area (Å²) in [6.45, 7) is 1.61. The second-order valence-electron chi connectivity index (χ2n) is 4.12. The third-order valence-electron chi connectivity index (χ3n) is 2.90. The third kappa shape index (κ3) is 1.73. The first-order valence-electron chi connectivity index (χ1n) is 5.01. The molecule has 0 radical (unpaired) electrons. The van der Waals surface area contributed by atoms with Gasteiger partial charge in [0.15, 0.2) is 0 Å². The molecule has 2 rings (SSSR count). The summed E-state index contributed by atoms with van der Waals surface area (Å²) in [6.07, 6.45) is 2.28. The molecule has 4 nitrogen and oxygen atoms in total. The van der Waals surface area contributed by atoms with E-state index in [9.17, 15) is 9.18 Å². The molecule has 0 unspecified atom stereocenters. The van der Waals surface area contributed by atoms with Gasteiger partial charge in [0.05, 0.1) is 18.7 Å². The lowest BCUT2D eigenvalue weighted by atomic mass is 10.1. The number of pyridine rings is 1. The third-order valence-corrected chi connectivity index (χ3v) is 2.90. The molecule has 2 atom stereocenters. The fraction of sp³-hybridized carbons (Fsp3) is 0.455. The number of carbonyl (C=O) groups is 1. The van der Waals surface area contributed by atoms with E-state index in [1.807, 2.05) is 0 Å². The van der Waals surface area contributed by atoms with E-state index in [1.54, 1.807) is 19.2 Å². The number of hydrogen-bond donors (Lipinski definition) is 1. The SMILES string of the molecule is COc1ccncc1NC(=O)[C@]1(C)C[C@H]1F. The number of alkyl halides is 1. The maximum atomic E-state index is 13.0. The summed E-state index contributed by atoms with van der Waals surface area (Å²) in [4.78, 5) is 15.6. The largest absolute Gasteiger partial charge is 0.494 e. The van der Waals surface area contributed by atoms with Gasteiger partial charge in [-0.05, 0) is 13.3 Å². The molecular formula is C11H13FN2O2. The van der Waals surface area contributed by atoms with E-state index >= 15 is 0 Å². The molecule has 1 amide bonds. The van der Waals surface area contributed by atoms with Crippen molar-refractivity contribution in [3.05, 3.63) is 18.5 Å². The van der Waals surface area contributed by atoms with Gasteiger partial charge in [-0.1, -0.05) is 0 Å². The van der Waals surface area contributed by atoms with Crippen LogP contribution in [0.1, 0.15) is 13.3 Å². The highest BCUT2D eigenvalue weighted by Gasteiger charge is 2.57. The number of amides is 1. The van der Waals surface area contributed by atoms with Gasteiger partial charge in [0.25, 0.3) is 0 Å². The molecule has 1 fully saturated rings. The number of anilines is 1. The summed E-state index contributed by atoms with van der Waals surface area (Å²) >= 11 is 0. The van der Waals surface area contributed by atoms with Crippen LogP contribution >= 0.6 is 0 Å². The summed E-state index contributed by atoms with van der Waals surface area (Å²) < 4.78 is 18.0. The quantitative estimate of drug-likeness (QED) is 0.851. The lowest BCUT2D eigenvalue weighted by Crippen LogP contribution is -2.24. The van der Waals surface area contributed by atoms with Crippen LogP contribution in [-0.4, -0.2) is 24.2 Å². The topological polar surface area (TPSA) is 51.2 Å². The lowest BCUT2D eigenvalue weighted by Gasteiger charge is -2.12. The van der Waals surface area contributed by atoms with E-state index in [-0.39, 0.29) is 12.3 Å². The molecule has 0 spiro atoms. The molecule has 0 bridgehead atoms. The Bertz CT molecular complexity index is 424. The number of halogens is 1. The fourth-order valence-electron chi connectivity index (χ4n) is 1.47. The van der Waals surface area contributed by atoms with Gasteiger partial charge in [0.1, 0.15) is 17.6 Å². The van der Waals surface area contributed by atoms with E-state index < -0.39 is 11.6 Å². The Morgan fingerprint density at radius 3 is 3.00 bits per heavy atom. The molecule has 1 aliphatic carbocycles. The van der Waals surface area contributed by atoms with E-state index in [2.05, 4.69) is 10.3 Å². The average molecular weight is 224 g/mol. The fourth-order valence-corrected chi connectivity index (χ4v) is 1.47. The Balaban J connectivity index is 2.12. The molecule has 0 saturated heterocycles. The van der Waals surface area contributed by atoms with Gasteiger partial charge in [0.2, 0.25) is 5.91 Å². The first kappa shape index (κ1) is 10.9. The van der Waals surface area contributed by atoms with Crippen molar-refractivity contribution in [1.82, 2.24) is 4.98 Å². The monoisotopic (exact) mass is 224 g/mol. The maximum absolute atomic E-state index is 13.0. The van der Waals surface area contributed by atoms with Crippen molar-refractivity contribution in [2.45, 2.75) is 19.5 Å². The van der Waals surface area contributed by atoms with Crippen molar-refractivity contribution in [1.29, 1.82) is 0 Å². The van der Waals surface area contributed by atoms with Gasteiger partial charge in [0, 0.05) is 12.3 Å². The highest BCUT2D eigenvalue weighted by Crippen LogP contribution is 2.49. The van der Waals surface area contributed by atoms with Gasteiger partial charge in [-0.15, -0.1) is 0 Å². The minimum Gasteiger partial charge on any atom is -0.494 e. The summed E-state index contributed by atoms with van der Waals surface area (Å²) in [5.74, 6) is 0.189. The Morgan fingerprint density at radius 1 is 1.75 bits per heavy atom. The van der Waals surface area contributed by atoms with Gasteiger partial charge >= 0.3 is 0 Å². The minimum absolute atomic E-state index is 0.279. The lowest BCUT2D eigenvalue weighted by molar-refractivity contribution is -0.121. The maximum Gasteiger partial charge on any atom is 0.233 e. The van der Waals surface area contributed by atoms with Crippen molar-refractivity contribution in [2.75, 3.05) is 12.4 Å². The molecule has 1 N–H and O–H groups in total. The summed E-state index contributed by atoms with van der Waals surface area (Å²) in [5, 5.41) is 2.63. The zero-order chi connectivity index (χ0) is 11.8. The van der Waals surface area contributed by atoms with Crippen molar-refractivity contribution >= 4 is 11.6 Å². The molecule has 1 aliphatic rings. The van der Waals surface area contributed by atoms with Crippen LogP contribution in [0.25, 0.3) is 0 Å². The number of nitrogens with one attached hydrogen (secondary N) is 1. The van der Waals surface area contributed by atoms with E-state index in [4.69, 9.17) is 4.74 Å². The van der Waals surface area contributed by atoms with Crippen LogP contribution in [0.4, 0.5) is 10.1 Å². The zero-order valence-electron chi connectivity index (χ0n) is 9.16. The molecule has 1 aromatic heterocycles. The minimum atomic E-state index is -1.05. The Hall–Kier alpha value is -1.65. The van der Waals surface area contributed by atoms with Crippen LogP contribution < -0.4 is 10.1 Å². The number of hydrogen-bond acceptors (Lipinski definition) is 3. The Kier molecular flexibility index (Phi) is 2.53. The van der Waals surface area contributed by atoms with Crippen molar-refractivity contribution in [2.24, 2.45) is 5.41 Å².